The normalized spacial score (nSPS) is 17.8. The molecule has 0 radical (unpaired) electrons. The van der Waals surface area contributed by atoms with Crippen molar-refractivity contribution in [2.24, 2.45) is 5.92 Å². The lowest BCUT2D eigenvalue weighted by Gasteiger charge is -2.22. The van der Waals surface area contributed by atoms with Crippen molar-refractivity contribution in [2.75, 3.05) is 19.6 Å². The van der Waals surface area contributed by atoms with Crippen molar-refractivity contribution in [3.63, 3.8) is 0 Å². The van der Waals surface area contributed by atoms with Crippen LogP contribution in [0.3, 0.4) is 0 Å². The maximum Gasteiger partial charge on any atom is 0.220 e. The van der Waals surface area contributed by atoms with Gasteiger partial charge in [-0.05, 0) is 31.8 Å². The molecule has 0 spiro atoms. The lowest BCUT2D eigenvalue weighted by Crippen LogP contribution is -2.38. The van der Waals surface area contributed by atoms with E-state index in [4.69, 9.17) is 4.42 Å². The molecule has 1 aliphatic heterocycles. The van der Waals surface area contributed by atoms with Crippen molar-refractivity contribution in [3.05, 3.63) is 42.4 Å². The number of aryl methyl sites for hydroxylation is 1. The summed E-state index contributed by atoms with van der Waals surface area (Å²) in [6, 6.07) is 9.85. The van der Waals surface area contributed by atoms with Gasteiger partial charge in [-0.15, -0.1) is 0 Å². The van der Waals surface area contributed by atoms with E-state index in [0.29, 0.717) is 24.7 Å². The maximum absolute atomic E-state index is 11.9. The maximum atomic E-state index is 11.9. The summed E-state index contributed by atoms with van der Waals surface area (Å²) >= 11 is 0. The first kappa shape index (κ1) is 15.7. The molecule has 2 heterocycles. The molecule has 3 rings (SSSR count). The lowest BCUT2D eigenvalue weighted by molar-refractivity contribution is -0.121. The van der Waals surface area contributed by atoms with E-state index >= 15 is 0 Å². The van der Waals surface area contributed by atoms with Gasteiger partial charge >= 0.3 is 0 Å². The van der Waals surface area contributed by atoms with Crippen molar-refractivity contribution in [1.29, 1.82) is 0 Å². The van der Waals surface area contributed by atoms with Crippen LogP contribution in [0.2, 0.25) is 0 Å². The Hall–Kier alpha value is -2.14. The van der Waals surface area contributed by atoms with Gasteiger partial charge in [0.05, 0.1) is 6.20 Å². The predicted molar refractivity (Wildman–Crippen MR) is 88.9 cm³/mol. The standard InChI is InChI=1S/C18H23N3O2/c22-17(20-12-14-5-4-10-19-11-14)8-9-18-21-13-16(23-18)15-6-2-1-3-7-15/h1-3,6-7,13-14,19H,4-5,8-12H2,(H,20,22). The van der Waals surface area contributed by atoms with Gasteiger partial charge in [0.1, 0.15) is 0 Å². The summed E-state index contributed by atoms with van der Waals surface area (Å²) in [7, 11) is 0. The van der Waals surface area contributed by atoms with Crippen LogP contribution in [0.15, 0.2) is 40.9 Å². The first-order chi connectivity index (χ1) is 11.3. The highest BCUT2D eigenvalue weighted by Crippen LogP contribution is 2.20. The third kappa shape index (κ3) is 4.66. The summed E-state index contributed by atoms with van der Waals surface area (Å²) < 4.78 is 5.71. The molecule has 1 aromatic carbocycles. The summed E-state index contributed by atoms with van der Waals surface area (Å²) in [5, 5.41) is 6.37. The molecule has 1 aliphatic rings. The summed E-state index contributed by atoms with van der Waals surface area (Å²) in [6.07, 6.45) is 5.04. The quantitative estimate of drug-likeness (QED) is 0.859. The molecular weight excluding hydrogens is 290 g/mol. The lowest BCUT2D eigenvalue weighted by atomic mass is 10.00. The van der Waals surface area contributed by atoms with Gasteiger partial charge in [0.15, 0.2) is 11.7 Å². The Bertz CT molecular complexity index is 618. The zero-order chi connectivity index (χ0) is 15.9. The number of benzene rings is 1. The van der Waals surface area contributed by atoms with Crippen molar-refractivity contribution >= 4 is 5.91 Å². The Kier molecular flexibility index (Phi) is 5.42. The molecule has 1 unspecified atom stereocenters. The Labute approximate surface area is 136 Å². The zero-order valence-electron chi connectivity index (χ0n) is 13.3. The van der Waals surface area contributed by atoms with Crippen LogP contribution in [0.1, 0.15) is 25.2 Å². The number of amides is 1. The number of hydrogen-bond donors (Lipinski definition) is 2. The van der Waals surface area contributed by atoms with Crippen molar-refractivity contribution in [2.45, 2.75) is 25.7 Å². The molecule has 5 nitrogen and oxygen atoms in total. The summed E-state index contributed by atoms with van der Waals surface area (Å²) in [4.78, 5) is 16.2. The Morgan fingerprint density at radius 2 is 2.22 bits per heavy atom. The SMILES string of the molecule is O=C(CCc1ncc(-c2ccccc2)o1)NCC1CCCNC1. The number of aromatic nitrogens is 1. The second-order valence-electron chi connectivity index (χ2n) is 6.00. The van der Waals surface area contributed by atoms with E-state index in [0.717, 1.165) is 31.0 Å². The number of nitrogens with one attached hydrogen (secondary N) is 2. The molecule has 2 N–H and O–H groups in total. The van der Waals surface area contributed by atoms with Gasteiger partial charge < -0.3 is 15.1 Å². The highest BCUT2D eigenvalue weighted by Gasteiger charge is 2.14. The van der Waals surface area contributed by atoms with Gasteiger partial charge in [0.25, 0.3) is 0 Å². The minimum Gasteiger partial charge on any atom is -0.441 e. The monoisotopic (exact) mass is 313 g/mol. The average molecular weight is 313 g/mol. The third-order valence-electron chi connectivity index (χ3n) is 4.16. The van der Waals surface area contributed by atoms with Crippen LogP contribution >= 0.6 is 0 Å². The molecular formula is C18H23N3O2. The molecule has 2 aromatic rings. The molecule has 0 saturated carbocycles. The van der Waals surface area contributed by atoms with E-state index in [-0.39, 0.29) is 5.91 Å². The molecule has 122 valence electrons. The number of carbonyl (C=O) groups excluding carboxylic acids is 1. The van der Waals surface area contributed by atoms with Crippen LogP contribution in [0.4, 0.5) is 0 Å². The fourth-order valence-corrected chi connectivity index (χ4v) is 2.83. The molecule has 1 aromatic heterocycles. The van der Waals surface area contributed by atoms with Crippen molar-refractivity contribution < 1.29 is 9.21 Å². The molecule has 1 atom stereocenters. The molecule has 1 fully saturated rings. The second-order valence-corrected chi connectivity index (χ2v) is 6.00. The summed E-state index contributed by atoms with van der Waals surface area (Å²) in [6.45, 7) is 2.85. The van der Waals surface area contributed by atoms with Crippen LogP contribution in [-0.2, 0) is 11.2 Å². The molecule has 0 bridgehead atoms. The van der Waals surface area contributed by atoms with Crippen molar-refractivity contribution in [3.8, 4) is 11.3 Å². The Morgan fingerprint density at radius 1 is 1.35 bits per heavy atom. The van der Waals surface area contributed by atoms with Crippen LogP contribution in [0, 0.1) is 5.92 Å². The van der Waals surface area contributed by atoms with Crippen molar-refractivity contribution in [1.82, 2.24) is 15.6 Å². The van der Waals surface area contributed by atoms with Crippen LogP contribution in [0.25, 0.3) is 11.3 Å². The minimum atomic E-state index is 0.0648. The number of hydrogen-bond acceptors (Lipinski definition) is 4. The zero-order valence-corrected chi connectivity index (χ0v) is 13.3. The number of nitrogens with zero attached hydrogens (tertiary/aromatic N) is 1. The van der Waals surface area contributed by atoms with E-state index in [1.165, 1.54) is 12.8 Å². The third-order valence-corrected chi connectivity index (χ3v) is 4.16. The molecule has 1 amide bonds. The summed E-state index contributed by atoms with van der Waals surface area (Å²) in [5.74, 6) is 1.97. The first-order valence-corrected chi connectivity index (χ1v) is 8.29. The van der Waals surface area contributed by atoms with E-state index in [1.54, 1.807) is 6.20 Å². The van der Waals surface area contributed by atoms with Gasteiger partial charge in [-0.25, -0.2) is 4.98 Å². The highest BCUT2D eigenvalue weighted by molar-refractivity contribution is 5.76. The van der Waals surface area contributed by atoms with E-state index < -0.39 is 0 Å². The van der Waals surface area contributed by atoms with Gasteiger partial charge in [0, 0.05) is 24.9 Å². The van der Waals surface area contributed by atoms with Gasteiger partial charge in [-0.3, -0.25) is 4.79 Å². The predicted octanol–water partition coefficient (Wildman–Crippen LogP) is 2.39. The Balaban J connectivity index is 1.43. The van der Waals surface area contributed by atoms with Gasteiger partial charge in [-0.2, -0.15) is 0 Å². The first-order valence-electron chi connectivity index (χ1n) is 8.29. The molecule has 23 heavy (non-hydrogen) atoms. The van der Waals surface area contributed by atoms with Crippen LogP contribution in [0.5, 0.6) is 0 Å². The second kappa shape index (κ2) is 7.92. The molecule has 0 aliphatic carbocycles. The summed E-state index contributed by atoms with van der Waals surface area (Å²) in [5.41, 5.74) is 1.00. The number of rotatable bonds is 6. The number of piperidine rings is 1. The van der Waals surface area contributed by atoms with Crippen LogP contribution in [-0.4, -0.2) is 30.5 Å². The highest BCUT2D eigenvalue weighted by atomic mass is 16.4. The topological polar surface area (TPSA) is 67.2 Å². The Morgan fingerprint density at radius 3 is 3.00 bits per heavy atom. The van der Waals surface area contributed by atoms with Gasteiger partial charge in [0.2, 0.25) is 5.91 Å². The fourth-order valence-electron chi connectivity index (χ4n) is 2.83. The van der Waals surface area contributed by atoms with E-state index in [2.05, 4.69) is 15.6 Å². The van der Waals surface area contributed by atoms with Crippen LogP contribution < -0.4 is 10.6 Å². The van der Waals surface area contributed by atoms with E-state index in [9.17, 15) is 4.79 Å². The largest absolute Gasteiger partial charge is 0.441 e. The molecule has 1 saturated heterocycles. The number of oxazole rings is 1. The minimum absolute atomic E-state index is 0.0648. The van der Waals surface area contributed by atoms with E-state index in [1.807, 2.05) is 30.3 Å². The number of carbonyl (C=O) groups is 1. The molecule has 5 heteroatoms. The van der Waals surface area contributed by atoms with Gasteiger partial charge in [-0.1, -0.05) is 30.3 Å². The fraction of sp³-hybridized carbons (Fsp3) is 0.444. The average Bonchev–Trinajstić information content (AvgIpc) is 3.09. The smallest absolute Gasteiger partial charge is 0.220 e.